The van der Waals surface area contributed by atoms with Crippen molar-refractivity contribution in [1.29, 1.82) is 0 Å². The molecule has 0 saturated heterocycles. The van der Waals surface area contributed by atoms with Crippen LogP contribution in [0.3, 0.4) is 0 Å². The van der Waals surface area contributed by atoms with Crippen LogP contribution in [0.15, 0.2) is 30.3 Å². The minimum atomic E-state index is -0.890. The molecule has 3 aromatic rings. The van der Waals surface area contributed by atoms with Gasteiger partial charge in [-0.3, -0.25) is 0 Å². The van der Waals surface area contributed by atoms with Gasteiger partial charge in [0, 0.05) is 16.3 Å². The maximum atomic E-state index is 12.5. The Labute approximate surface area is 156 Å². The quantitative estimate of drug-likeness (QED) is 0.510. The summed E-state index contributed by atoms with van der Waals surface area (Å²) in [7, 11) is 0. The van der Waals surface area contributed by atoms with E-state index in [0.29, 0.717) is 44.9 Å². The number of carbonyl (C=O) groups excluding carboxylic acids is 2. The summed E-state index contributed by atoms with van der Waals surface area (Å²) in [6, 6.07) is 8.42. The molecule has 0 unspecified atom stereocenters. The predicted octanol–water partition coefficient (Wildman–Crippen LogP) is 2.98. The molecule has 0 aromatic heterocycles. The number of hydrogen-bond donors (Lipinski definition) is 1. The lowest BCUT2D eigenvalue weighted by atomic mass is 9.89. The molecular weight excluding hydrogens is 368 g/mol. The largest absolute Gasteiger partial charge is 0.506 e. The molecule has 8 heteroatoms. The Kier molecular flexibility index (Phi) is 2.74. The molecule has 0 bridgehead atoms. The number of phenols is 1. The number of hydrogen-bond acceptors (Lipinski definition) is 8. The number of rotatable bonds is 1. The highest BCUT2D eigenvalue weighted by Crippen LogP contribution is 2.51. The van der Waals surface area contributed by atoms with Crippen LogP contribution >= 0.6 is 0 Å². The fraction of sp³-hybridized carbons (Fsp3) is 0.100. The smallest absolute Gasteiger partial charge is 0.350 e. The number of cyclic esters (lactones) is 2. The molecular formula is C20H10O8. The molecule has 0 saturated carbocycles. The number of phenolic OH excluding ortho intramolecular Hbond substituents is 1. The van der Waals surface area contributed by atoms with Crippen molar-refractivity contribution >= 4 is 22.7 Å². The van der Waals surface area contributed by atoms with Gasteiger partial charge in [0.1, 0.15) is 11.3 Å². The summed E-state index contributed by atoms with van der Waals surface area (Å²) >= 11 is 0. The van der Waals surface area contributed by atoms with Crippen molar-refractivity contribution in [3.05, 3.63) is 41.5 Å². The van der Waals surface area contributed by atoms with Crippen molar-refractivity contribution in [3.63, 3.8) is 0 Å². The number of fused-ring (bicyclic) bond motifs is 5. The minimum Gasteiger partial charge on any atom is -0.506 e. The molecule has 0 fully saturated rings. The molecule has 0 atom stereocenters. The number of esters is 2. The van der Waals surface area contributed by atoms with Crippen LogP contribution in [0, 0.1) is 0 Å². The van der Waals surface area contributed by atoms with Gasteiger partial charge in [-0.25, -0.2) is 9.59 Å². The average Bonchev–Trinajstić information content (AvgIpc) is 3.40. The minimum absolute atomic E-state index is 0.0102. The summed E-state index contributed by atoms with van der Waals surface area (Å²) in [6.45, 7) is 0.107. The van der Waals surface area contributed by atoms with Gasteiger partial charge in [0.25, 0.3) is 0 Å². The zero-order chi connectivity index (χ0) is 19.0. The van der Waals surface area contributed by atoms with Crippen molar-refractivity contribution in [1.82, 2.24) is 0 Å². The van der Waals surface area contributed by atoms with Gasteiger partial charge in [0.15, 0.2) is 23.0 Å². The monoisotopic (exact) mass is 378 g/mol. The Balaban J connectivity index is 1.80. The van der Waals surface area contributed by atoms with Gasteiger partial charge in [-0.05, 0) is 29.8 Å². The second-order valence-electron chi connectivity index (χ2n) is 6.44. The van der Waals surface area contributed by atoms with Gasteiger partial charge in [-0.15, -0.1) is 0 Å². The molecule has 3 aliphatic rings. The summed E-state index contributed by atoms with van der Waals surface area (Å²) in [4.78, 5) is 24.8. The molecule has 8 nitrogen and oxygen atoms in total. The predicted molar refractivity (Wildman–Crippen MR) is 93.0 cm³/mol. The molecule has 0 radical (unpaired) electrons. The number of carbonyl (C=O) groups is 2. The Hall–Kier alpha value is -3.94. The van der Waals surface area contributed by atoms with Gasteiger partial charge >= 0.3 is 11.9 Å². The first-order valence-corrected chi connectivity index (χ1v) is 8.41. The van der Waals surface area contributed by atoms with E-state index in [2.05, 4.69) is 0 Å². The van der Waals surface area contributed by atoms with Crippen LogP contribution in [0.2, 0.25) is 0 Å². The molecule has 3 aliphatic heterocycles. The van der Waals surface area contributed by atoms with Crippen LogP contribution in [-0.2, 0) is 4.74 Å². The molecule has 0 amide bonds. The first-order chi connectivity index (χ1) is 13.6. The third kappa shape index (κ3) is 1.78. The third-order valence-electron chi connectivity index (χ3n) is 5.04. The van der Waals surface area contributed by atoms with E-state index in [4.69, 9.17) is 23.7 Å². The fourth-order valence-electron chi connectivity index (χ4n) is 3.85. The SMILES string of the molecule is O=C1OC(=O)c2c1c(O)c1ccc3c(c1c2-c1ccc2c(c1)OCO2)OCO3. The number of aromatic hydroxyl groups is 1. The van der Waals surface area contributed by atoms with E-state index in [0.717, 1.165) is 0 Å². The molecule has 138 valence electrons. The molecule has 0 aliphatic carbocycles. The van der Waals surface area contributed by atoms with Gasteiger partial charge in [-0.1, -0.05) is 6.07 Å². The van der Waals surface area contributed by atoms with E-state index in [9.17, 15) is 14.7 Å². The van der Waals surface area contributed by atoms with E-state index in [1.54, 1.807) is 30.3 Å². The zero-order valence-corrected chi connectivity index (χ0v) is 14.1. The van der Waals surface area contributed by atoms with Gasteiger partial charge in [0.2, 0.25) is 13.6 Å². The summed E-state index contributed by atoms with van der Waals surface area (Å²) in [5, 5.41) is 11.5. The van der Waals surface area contributed by atoms with Gasteiger partial charge in [-0.2, -0.15) is 0 Å². The second kappa shape index (κ2) is 5.07. The van der Waals surface area contributed by atoms with Crippen LogP contribution in [-0.4, -0.2) is 30.6 Å². The highest BCUT2D eigenvalue weighted by Gasteiger charge is 2.39. The lowest BCUT2D eigenvalue weighted by Gasteiger charge is -2.14. The maximum Gasteiger partial charge on any atom is 0.350 e. The Morgan fingerprint density at radius 2 is 1.46 bits per heavy atom. The first kappa shape index (κ1) is 15.2. The normalized spacial score (nSPS) is 15.9. The standard InChI is InChI=1S/C20H10O8/c21-17-9-2-4-11-18(27-7-25-11)14(9)13(15-16(17)20(23)28-19(15)22)8-1-3-10-12(5-8)26-6-24-10/h1-5,21H,6-7H2. The first-order valence-electron chi connectivity index (χ1n) is 8.41. The van der Waals surface area contributed by atoms with E-state index in [1.165, 1.54) is 0 Å². The summed E-state index contributed by atoms with van der Waals surface area (Å²) < 4.78 is 26.6. The summed E-state index contributed by atoms with van der Waals surface area (Å²) in [5.41, 5.74) is 0.808. The van der Waals surface area contributed by atoms with Crippen LogP contribution in [0.1, 0.15) is 20.7 Å². The van der Waals surface area contributed by atoms with Gasteiger partial charge in [0.05, 0.1) is 5.56 Å². The highest BCUT2D eigenvalue weighted by atomic mass is 16.7. The van der Waals surface area contributed by atoms with Crippen LogP contribution in [0.4, 0.5) is 0 Å². The molecule has 1 N–H and O–H groups in total. The lowest BCUT2D eigenvalue weighted by Crippen LogP contribution is -2.00. The third-order valence-corrected chi connectivity index (χ3v) is 5.04. The topological polar surface area (TPSA) is 101 Å². The lowest BCUT2D eigenvalue weighted by molar-refractivity contribution is 0.0443. The van der Waals surface area contributed by atoms with E-state index in [-0.39, 0.29) is 30.5 Å². The zero-order valence-electron chi connectivity index (χ0n) is 14.1. The highest BCUT2D eigenvalue weighted by molar-refractivity contribution is 6.25. The maximum absolute atomic E-state index is 12.5. The Bertz CT molecular complexity index is 1240. The van der Waals surface area contributed by atoms with Crippen LogP contribution in [0.25, 0.3) is 21.9 Å². The molecule has 3 aromatic carbocycles. The molecule has 0 spiro atoms. The fourth-order valence-corrected chi connectivity index (χ4v) is 3.85. The molecule has 28 heavy (non-hydrogen) atoms. The van der Waals surface area contributed by atoms with Crippen molar-refractivity contribution in [2.75, 3.05) is 13.6 Å². The molecule has 3 heterocycles. The summed E-state index contributed by atoms with van der Waals surface area (Å²) in [5.74, 6) is -0.104. The van der Waals surface area contributed by atoms with Gasteiger partial charge < -0.3 is 28.8 Å². The summed E-state index contributed by atoms with van der Waals surface area (Å²) in [6.07, 6.45) is 0. The van der Waals surface area contributed by atoms with E-state index < -0.39 is 11.9 Å². The van der Waals surface area contributed by atoms with Crippen molar-refractivity contribution in [2.45, 2.75) is 0 Å². The van der Waals surface area contributed by atoms with Crippen LogP contribution in [0.5, 0.6) is 28.7 Å². The Morgan fingerprint density at radius 1 is 0.750 bits per heavy atom. The van der Waals surface area contributed by atoms with Crippen molar-refractivity contribution in [2.24, 2.45) is 0 Å². The van der Waals surface area contributed by atoms with Crippen molar-refractivity contribution < 1.29 is 38.4 Å². The molecule has 6 rings (SSSR count). The van der Waals surface area contributed by atoms with Crippen molar-refractivity contribution in [3.8, 4) is 39.9 Å². The number of benzene rings is 3. The Morgan fingerprint density at radius 3 is 2.36 bits per heavy atom. The second-order valence-corrected chi connectivity index (χ2v) is 6.44. The average molecular weight is 378 g/mol. The van der Waals surface area contributed by atoms with Crippen LogP contribution < -0.4 is 18.9 Å². The van der Waals surface area contributed by atoms with E-state index in [1.807, 2.05) is 0 Å². The van der Waals surface area contributed by atoms with E-state index >= 15 is 0 Å². The number of ether oxygens (including phenoxy) is 5.